The van der Waals surface area contributed by atoms with E-state index in [0.717, 1.165) is 23.0 Å². The van der Waals surface area contributed by atoms with Crippen LogP contribution < -0.4 is 5.73 Å². The highest BCUT2D eigenvalue weighted by molar-refractivity contribution is 7.99. The Hall–Kier alpha value is -1.39. The molecule has 2 N–H and O–H groups in total. The molecule has 2 rings (SSSR count). The van der Waals surface area contributed by atoms with Gasteiger partial charge in [0.25, 0.3) is 0 Å². The van der Waals surface area contributed by atoms with Crippen LogP contribution in [0.5, 0.6) is 0 Å². The molecule has 0 saturated heterocycles. The molecular weight excluding hydrogens is 254 g/mol. The van der Waals surface area contributed by atoms with E-state index in [1.54, 1.807) is 11.8 Å². The van der Waals surface area contributed by atoms with E-state index in [1.165, 1.54) is 16.0 Å². The predicted octanol–water partition coefficient (Wildman–Crippen LogP) is 3.05. The van der Waals surface area contributed by atoms with Gasteiger partial charge in [-0.3, -0.25) is 0 Å². The van der Waals surface area contributed by atoms with E-state index in [2.05, 4.69) is 29.0 Å². The summed E-state index contributed by atoms with van der Waals surface area (Å²) in [5.41, 5.74) is 10.2. The minimum Gasteiger partial charge on any atom is -0.330 e. The average molecular weight is 273 g/mol. The number of hydrogen-bond acceptors (Lipinski definition) is 4. The molecule has 0 amide bonds. The molecule has 0 aliphatic heterocycles. The molecule has 0 fully saturated rings. The van der Waals surface area contributed by atoms with Gasteiger partial charge in [0.05, 0.1) is 0 Å². The normalized spacial score (nSPS) is 10.7. The zero-order valence-electron chi connectivity index (χ0n) is 11.6. The van der Waals surface area contributed by atoms with Gasteiger partial charge in [-0.05, 0) is 62.7 Å². The molecule has 19 heavy (non-hydrogen) atoms. The molecule has 100 valence electrons. The van der Waals surface area contributed by atoms with Crippen molar-refractivity contribution in [3.8, 4) is 0 Å². The molecule has 0 aliphatic rings. The minimum atomic E-state index is 0.657. The van der Waals surface area contributed by atoms with Crippen molar-refractivity contribution in [3.05, 3.63) is 46.8 Å². The summed E-state index contributed by atoms with van der Waals surface area (Å²) in [6.45, 7) is 6.77. The molecule has 0 aliphatic carbocycles. The van der Waals surface area contributed by atoms with E-state index in [9.17, 15) is 0 Å². The van der Waals surface area contributed by atoms with Gasteiger partial charge in [-0.25, -0.2) is 9.97 Å². The molecule has 0 spiro atoms. The van der Waals surface area contributed by atoms with Crippen LogP contribution in [0.2, 0.25) is 0 Å². The highest BCUT2D eigenvalue weighted by Crippen LogP contribution is 2.29. The number of rotatable bonds is 4. The molecule has 0 radical (unpaired) electrons. The molecule has 1 heterocycles. The Morgan fingerprint density at radius 2 is 1.68 bits per heavy atom. The first-order chi connectivity index (χ1) is 9.11. The van der Waals surface area contributed by atoms with E-state index in [1.807, 2.05) is 26.0 Å². The lowest BCUT2D eigenvalue weighted by molar-refractivity contribution is 0.878. The van der Waals surface area contributed by atoms with Crippen molar-refractivity contribution < 1.29 is 0 Å². The maximum absolute atomic E-state index is 5.65. The van der Waals surface area contributed by atoms with Crippen LogP contribution in [-0.4, -0.2) is 16.5 Å². The van der Waals surface area contributed by atoms with E-state index >= 15 is 0 Å². The van der Waals surface area contributed by atoms with E-state index < -0.39 is 0 Å². The first-order valence-electron chi connectivity index (χ1n) is 6.39. The number of aromatic nitrogens is 2. The van der Waals surface area contributed by atoms with Gasteiger partial charge in [0.2, 0.25) is 0 Å². The smallest absolute Gasteiger partial charge is 0.192 e. The maximum atomic E-state index is 5.65. The quantitative estimate of drug-likeness (QED) is 0.870. The van der Waals surface area contributed by atoms with Gasteiger partial charge in [0.15, 0.2) is 5.16 Å². The summed E-state index contributed by atoms with van der Waals surface area (Å²) in [5, 5.41) is 0.810. The Labute approximate surface area is 118 Å². The van der Waals surface area contributed by atoms with Crippen LogP contribution in [0.3, 0.4) is 0 Å². The second kappa shape index (κ2) is 6.17. The molecule has 4 heteroatoms. The van der Waals surface area contributed by atoms with Gasteiger partial charge < -0.3 is 5.73 Å². The van der Waals surface area contributed by atoms with Crippen molar-refractivity contribution in [3.63, 3.8) is 0 Å². The van der Waals surface area contributed by atoms with Gasteiger partial charge >= 0.3 is 0 Å². The Morgan fingerprint density at radius 3 is 2.32 bits per heavy atom. The van der Waals surface area contributed by atoms with Gasteiger partial charge in [-0.15, -0.1) is 0 Å². The fraction of sp³-hybridized carbons (Fsp3) is 0.333. The molecule has 1 aromatic carbocycles. The third-order valence-electron chi connectivity index (χ3n) is 3.20. The lowest BCUT2D eigenvalue weighted by Gasteiger charge is -2.09. The van der Waals surface area contributed by atoms with Gasteiger partial charge in [-0.1, -0.05) is 18.2 Å². The second-order valence-electron chi connectivity index (χ2n) is 4.55. The molecular formula is C15H19N3S. The Balaban J connectivity index is 2.31. The lowest BCUT2D eigenvalue weighted by atomic mass is 10.1. The minimum absolute atomic E-state index is 0.657. The topological polar surface area (TPSA) is 51.8 Å². The summed E-state index contributed by atoms with van der Waals surface area (Å²) in [6.07, 6.45) is 0.882. The number of nitrogens with two attached hydrogens (primary N) is 1. The van der Waals surface area contributed by atoms with Crippen molar-refractivity contribution in [1.29, 1.82) is 0 Å². The fourth-order valence-electron chi connectivity index (χ4n) is 1.85. The molecule has 0 saturated carbocycles. The van der Waals surface area contributed by atoms with Crippen molar-refractivity contribution >= 4 is 11.8 Å². The van der Waals surface area contributed by atoms with Gasteiger partial charge in [0, 0.05) is 16.3 Å². The number of aryl methyl sites for hydroxylation is 2. The zero-order chi connectivity index (χ0) is 13.8. The lowest BCUT2D eigenvalue weighted by Crippen LogP contribution is -2.04. The van der Waals surface area contributed by atoms with E-state index in [-0.39, 0.29) is 0 Å². The summed E-state index contributed by atoms with van der Waals surface area (Å²) in [4.78, 5) is 10.3. The monoisotopic (exact) mass is 273 g/mol. The third-order valence-corrected chi connectivity index (χ3v) is 4.18. The van der Waals surface area contributed by atoms with E-state index in [4.69, 9.17) is 5.73 Å². The predicted molar refractivity (Wildman–Crippen MR) is 79.6 cm³/mol. The van der Waals surface area contributed by atoms with Crippen LogP contribution in [-0.2, 0) is 6.42 Å². The van der Waals surface area contributed by atoms with Crippen LogP contribution >= 0.6 is 11.8 Å². The molecule has 0 atom stereocenters. The number of benzene rings is 1. The second-order valence-corrected chi connectivity index (χ2v) is 5.56. The Bertz CT molecular complexity index is 558. The standard InChI is InChI=1S/C15H19N3S/c1-10-11(2)17-15(18-12(10)3)19-14-7-5-4-6-13(14)8-9-16/h4-7H,8-9,16H2,1-3H3. The summed E-state index contributed by atoms with van der Waals surface area (Å²) in [6, 6.07) is 8.30. The number of nitrogens with zero attached hydrogens (tertiary/aromatic N) is 2. The Kier molecular flexibility index (Phi) is 4.56. The number of hydrogen-bond donors (Lipinski definition) is 1. The summed E-state index contributed by atoms with van der Waals surface area (Å²) in [5.74, 6) is 0. The van der Waals surface area contributed by atoms with E-state index in [0.29, 0.717) is 6.54 Å². The zero-order valence-corrected chi connectivity index (χ0v) is 12.4. The van der Waals surface area contributed by atoms with Gasteiger partial charge in [0.1, 0.15) is 0 Å². The third kappa shape index (κ3) is 3.33. The highest BCUT2D eigenvalue weighted by atomic mass is 32.2. The summed E-state index contributed by atoms with van der Waals surface area (Å²) < 4.78 is 0. The van der Waals surface area contributed by atoms with Crippen LogP contribution in [0.25, 0.3) is 0 Å². The molecule has 0 unspecified atom stereocenters. The SMILES string of the molecule is Cc1nc(Sc2ccccc2CCN)nc(C)c1C. The molecule has 1 aromatic heterocycles. The van der Waals surface area contributed by atoms with Crippen molar-refractivity contribution in [2.24, 2.45) is 5.73 Å². The molecule has 3 nitrogen and oxygen atoms in total. The van der Waals surface area contributed by atoms with Crippen LogP contribution in [0.1, 0.15) is 22.5 Å². The van der Waals surface area contributed by atoms with Crippen LogP contribution in [0, 0.1) is 20.8 Å². The van der Waals surface area contributed by atoms with Crippen molar-refractivity contribution in [2.75, 3.05) is 6.54 Å². The Morgan fingerprint density at radius 1 is 1.05 bits per heavy atom. The van der Waals surface area contributed by atoms with Crippen molar-refractivity contribution in [2.45, 2.75) is 37.2 Å². The largest absolute Gasteiger partial charge is 0.330 e. The van der Waals surface area contributed by atoms with Crippen molar-refractivity contribution in [1.82, 2.24) is 9.97 Å². The first kappa shape index (κ1) is 14.0. The van der Waals surface area contributed by atoms with Crippen LogP contribution in [0.4, 0.5) is 0 Å². The fourth-order valence-corrected chi connectivity index (χ4v) is 2.86. The maximum Gasteiger partial charge on any atom is 0.192 e. The molecule has 0 bridgehead atoms. The highest BCUT2D eigenvalue weighted by Gasteiger charge is 2.08. The van der Waals surface area contributed by atoms with Gasteiger partial charge in [-0.2, -0.15) is 0 Å². The summed E-state index contributed by atoms with van der Waals surface area (Å²) >= 11 is 1.61. The average Bonchev–Trinajstić information content (AvgIpc) is 2.38. The summed E-state index contributed by atoms with van der Waals surface area (Å²) in [7, 11) is 0. The first-order valence-corrected chi connectivity index (χ1v) is 7.21. The molecule has 2 aromatic rings. The van der Waals surface area contributed by atoms with Crippen LogP contribution in [0.15, 0.2) is 34.3 Å².